The van der Waals surface area contributed by atoms with E-state index in [9.17, 15) is 4.79 Å². The maximum atomic E-state index is 11.7. The van der Waals surface area contributed by atoms with Crippen LogP contribution in [0, 0.1) is 0 Å². The van der Waals surface area contributed by atoms with Crippen molar-refractivity contribution in [2.24, 2.45) is 0 Å². The number of carbonyl (C=O) groups excluding carboxylic acids is 1. The third kappa shape index (κ3) is 3.39. The van der Waals surface area contributed by atoms with Gasteiger partial charge in [-0.25, -0.2) is 0 Å². The van der Waals surface area contributed by atoms with Crippen molar-refractivity contribution < 1.29 is 14.3 Å². The van der Waals surface area contributed by atoms with Crippen LogP contribution in [0.4, 0.5) is 0 Å². The average molecular weight is 249 g/mol. The first-order valence-electron chi connectivity index (χ1n) is 6.29. The minimum atomic E-state index is -0.134. The topological polar surface area (TPSA) is 47.6 Å². The summed E-state index contributed by atoms with van der Waals surface area (Å²) in [6.45, 7) is 3.90. The van der Waals surface area contributed by atoms with Gasteiger partial charge in [-0.05, 0) is 38.8 Å². The van der Waals surface area contributed by atoms with Gasteiger partial charge in [0, 0.05) is 18.7 Å². The first kappa shape index (κ1) is 12.7. The van der Waals surface area contributed by atoms with Crippen LogP contribution in [-0.2, 0) is 0 Å². The van der Waals surface area contributed by atoms with Crippen LogP contribution >= 0.6 is 0 Å². The van der Waals surface area contributed by atoms with Crippen LogP contribution in [-0.4, -0.2) is 25.2 Å². The number of rotatable bonds is 5. The molecule has 1 amide bonds. The molecule has 4 heteroatoms. The van der Waals surface area contributed by atoms with Crippen molar-refractivity contribution in [1.29, 1.82) is 0 Å². The van der Waals surface area contributed by atoms with Gasteiger partial charge in [0.1, 0.15) is 11.5 Å². The standard InChI is InChI=1S/C14H19NO3/c1-9(2)17-12-6-10(14(16)15-3)7-13(8-12)18-11-4-5-11/h6-9,11H,4-5H2,1-3H3,(H,15,16). The predicted molar refractivity (Wildman–Crippen MR) is 69.2 cm³/mol. The molecule has 0 unspecified atom stereocenters. The van der Waals surface area contributed by atoms with E-state index in [-0.39, 0.29) is 12.0 Å². The maximum absolute atomic E-state index is 11.7. The summed E-state index contributed by atoms with van der Waals surface area (Å²) in [6, 6.07) is 5.33. The molecule has 18 heavy (non-hydrogen) atoms. The van der Waals surface area contributed by atoms with Crippen molar-refractivity contribution in [3.63, 3.8) is 0 Å². The Bertz CT molecular complexity index is 416. The lowest BCUT2D eigenvalue weighted by molar-refractivity contribution is 0.0961. The normalized spacial score (nSPS) is 14.4. The van der Waals surface area contributed by atoms with Gasteiger partial charge in [-0.15, -0.1) is 0 Å². The van der Waals surface area contributed by atoms with E-state index in [1.54, 1.807) is 19.2 Å². The summed E-state index contributed by atoms with van der Waals surface area (Å²) in [5, 5.41) is 2.61. The largest absolute Gasteiger partial charge is 0.491 e. The van der Waals surface area contributed by atoms with Crippen LogP contribution in [0.3, 0.4) is 0 Å². The van der Waals surface area contributed by atoms with Gasteiger partial charge >= 0.3 is 0 Å². The number of hydrogen-bond acceptors (Lipinski definition) is 3. The minimum absolute atomic E-state index is 0.0683. The first-order valence-corrected chi connectivity index (χ1v) is 6.29. The zero-order valence-electron chi connectivity index (χ0n) is 11.0. The van der Waals surface area contributed by atoms with Crippen molar-refractivity contribution in [1.82, 2.24) is 5.32 Å². The summed E-state index contributed by atoms with van der Waals surface area (Å²) in [5.41, 5.74) is 0.561. The second-order valence-electron chi connectivity index (χ2n) is 4.76. The van der Waals surface area contributed by atoms with Gasteiger partial charge in [0.2, 0.25) is 0 Å². The fourth-order valence-corrected chi connectivity index (χ4v) is 1.63. The van der Waals surface area contributed by atoms with Gasteiger partial charge in [-0.2, -0.15) is 0 Å². The van der Waals surface area contributed by atoms with E-state index in [1.807, 2.05) is 19.9 Å². The molecule has 0 spiro atoms. The Labute approximate surface area is 107 Å². The van der Waals surface area contributed by atoms with Gasteiger partial charge in [-0.3, -0.25) is 4.79 Å². The predicted octanol–water partition coefficient (Wildman–Crippen LogP) is 2.37. The van der Waals surface area contributed by atoms with Gasteiger partial charge in [0.05, 0.1) is 12.2 Å². The number of ether oxygens (including phenoxy) is 2. The molecule has 2 rings (SSSR count). The molecule has 1 fully saturated rings. The molecule has 0 aromatic heterocycles. The van der Waals surface area contributed by atoms with Crippen LogP contribution in [0.5, 0.6) is 11.5 Å². The Morgan fingerprint density at radius 1 is 1.28 bits per heavy atom. The summed E-state index contributed by atoms with van der Waals surface area (Å²) >= 11 is 0. The van der Waals surface area contributed by atoms with E-state index in [4.69, 9.17) is 9.47 Å². The van der Waals surface area contributed by atoms with Crippen molar-refractivity contribution in [2.75, 3.05) is 7.05 Å². The Hall–Kier alpha value is -1.71. The van der Waals surface area contributed by atoms with Crippen LogP contribution < -0.4 is 14.8 Å². The number of amides is 1. The van der Waals surface area contributed by atoms with E-state index in [2.05, 4.69) is 5.32 Å². The molecule has 0 radical (unpaired) electrons. The molecule has 0 atom stereocenters. The van der Waals surface area contributed by atoms with Gasteiger partial charge in [0.15, 0.2) is 0 Å². The summed E-state index contributed by atoms with van der Waals surface area (Å²) in [7, 11) is 1.61. The molecule has 98 valence electrons. The Kier molecular flexibility index (Phi) is 3.75. The molecule has 1 N–H and O–H groups in total. The molecular formula is C14H19NO3. The van der Waals surface area contributed by atoms with Crippen LogP contribution in [0.25, 0.3) is 0 Å². The fourth-order valence-electron chi connectivity index (χ4n) is 1.63. The summed E-state index contributed by atoms with van der Waals surface area (Å²) < 4.78 is 11.4. The molecule has 0 aliphatic heterocycles. The first-order chi connectivity index (χ1) is 8.58. The monoisotopic (exact) mass is 249 g/mol. The zero-order chi connectivity index (χ0) is 13.1. The van der Waals surface area contributed by atoms with Gasteiger partial charge < -0.3 is 14.8 Å². The number of hydrogen-bond donors (Lipinski definition) is 1. The second-order valence-corrected chi connectivity index (χ2v) is 4.76. The highest BCUT2D eigenvalue weighted by atomic mass is 16.5. The summed E-state index contributed by atoms with van der Waals surface area (Å²) in [4.78, 5) is 11.7. The van der Waals surface area contributed by atoms with E-state index >= 15 is 0 Å². The lowest BCUT2D eigenvalue weighted by Gasteiger charge is -2.13. The lowest BCUT2D eigenvalue weighted by atomic mass is 10.2. The highest BCUT2D eigenvalue weighted by molar-refractivity contribution is 5.94. The van der Waals surface area contributed by atoms with E-state index in [1.165, 1.54) is 0 Å². The van der Waals surface area contributed by atoms with E-state index < -0.39 is 0 Å². The Morgan fingerprint density at radius 2 is 1.94 bits per heavy atom. The highest BCUT2D eigenvalue weighted by Gasteiger charge is 2.24. The zero-order valence-corrected chi connectivity index (χ0v) is 11.0. The number of carbonyl (C=O) groups is 1. The molecule has 4 nitrogen and oxygen atoms in total. The average Bonchev–Trinajstić information content (AvgIpc) is 3.10. The van der Waals surface area contributed by atoms with E-state index in [0.29, 0.717) is 23.2 Å². The van der Waals surface area contributed by atoms with Crippen LogP contribution in [0.15, 0.2) is 18.2 Å². The quantitative estimate of drug-likeness (QED) is 0.871. The minimum Gasteiger partial charge on any atom is -0.491 e. The molecule has 1 aromatic rings. The van der Waals surface area contributed by atoms with Crippen molar-refractivity contribution in [3.8, 4) is 11.5 Å². The van der Waals surface area contributed by atoms with Crippen molar-refractivity contribution in [3.05, 3.63) is 23.8 Å². The van der Waals surface area contributed by atoms with Gasteiger partial charge in [0.25, 0.3) is 5.91 Å². The summed E-state index contributed by atoms with van der Waals surface area (Å²) in [5.74, 6) is 1.24. The third-order valence-corrected chi connectivity index (χ3v) is 2.57. The smallest absolute Gasteiger partial charge is 0.251 e. The molecule has 1 aromatic carbocycles. The Morgan fingerprint density at radius 3 is 2.50 bits per heavy atom. The summed E-state index contributed by atoms with van der Waals surface area (Å²) in [6.07, 6.45) is 2.55. The van der Waals surface area contributed by atoms with Gasteiger partial charge in [-0.1, -0.05) is 0 Å². The molecule has 0 bridgehead atoms. The second kappa shape index (κ2) is 5.29. The molecule has 0 heterocycles. The van der Waals surface area contributed by atoms with Crippen LogP contribution in [0.2, 0.25) is 0 Å². The number of benzene rings is 1. The molecule has 1 aliphatic rings. The number of nitrogens with one attached hydrogen (secondary N) is 1. The Balaban J connectivity index is 2.24. The third-order valence-electron chi connectivity index (χ3n) is 2.57. The fraction of sp³-hybridized carbons (Fsp3) is 0.500. The lowest BCUT2D eigenvalue weighted by Crippen LogP contribution is -2.18. The van der Waals surface area contributed by atoms with Crippen molar-refractivity contribution >= 4 is 5.91 Å². The molecule has 0 saturated heterocycles. The molecular weight excluding hydrogens is 230 g/mol. The maximum Gasteiger partial charge on any atom is 0.251 e. The van der Waals surface area contributed by atoms with Crippen molar-refractivity contribution in [2.45, 2.75) is 38.9 Å². The highest BCUT2D eigenvalue weighted by Crippen LogP contribution is 2.30. The SMILES string of the molecule is CNC(=O)c1cc(OC(C)C)cc(OC2CC2)c1. The molecule has 1 saturated carbocycles. The molecule has 1 aliphatic carbocycles. The van der Waals surface area contributed by atoms with E-state index in [0.717, 1.165) is 12.8 Å². The van der Waals surface area contributed by atoms with Crippen LogP contribution in [0.1, 0.15) is 37.0 Å².